The molecular formula is C18H26N6O. The minimum absolute atomic E-state index is 0.0590. The number of urea groups is 1. The van der Waals surface area contributed by atoms with Crippen LogP contribution in [0.3, 0.4) is 0 Å². The largest absolute Gasteiger partial charge is 0.367 e. The number of nitrogens with zero attached hydrogens (tertiary/aromatic N) is 5. The second-order valence-electron chi connectivity index (χ2n) is 6.41. The summed E-state index contributed by atoms with van der Waals surface area (Å²) in [7, 11) is 0. The van der Waals surface area contributed by atoms with Gasteiger partial charge in [-0.1, -0.05) is 13.3 Å². The highest BCUT2D eigenvalue weighted by molar-refractivity contribution is 5.88. The van der Waals surface area contributed by atoms with Gasteiger partial charge in [0.25, 0.3) is 0 Å². The first-order valence-electron chi connectivity index (χ1n) is 8.93. The molecule has 2 amide bonds. The van der Waals surface area contributed by atoms with Crippen LogP contribution in [-0.4, -0.2) is 51.9 Å². The van der Waals surface area contributed by atoms with Crippen LogP contribution in [0.5, 0.6) is 0 Å². The molecule has 1 unspecified atom stereocenters. The van der Waals surface area contributed by atoms with Crippen molar-refractivity contribution in [2.24, 2.45) is 0 Å². The standard InChI is InChI=1S/C18H26N6O/c1-3-5-15(2)24-17(7-9-20-24)21-18(25)23-12-10-22(11-13-23)16-6-4-8-19-14-16/h4,6-9,14-15H,3,5,10-13H2,1-2H3,(H,21,25). The number of nitrogens with one attached hydrogen (secondary N) is 1. The van der Waals surface area contributed by atoms with Crippen molar-refractivity contribution in [3.63, 3.8) is 0 Å². The van der Waals surface area contributed by atoms with E-state index in [2.05, 4.69) is 40.2 Å². The van der Waals surface area contributed by atoms with Gasteiger partial charge in [-0.3, -0.25) is 10.3 Å². The van der Waals surface area contributed by atoms with Gasteiger partial charge in [0.2, 0.25) is 0 Å². The Morgan fingerprint density at radius 3 is 2.72 bits per heavy atom. The lowest BCUT2D eigenvalue weighted by atomic mass is 10.2. The van der Waals surface area contributed by atoms with Crippen LogP contribution in [0.15, 0.2) is 36.8 Å². The average molecular weight is 342 g/mol. The number of carbonyl (C=O) groups is 1. The van der Waals surface area contributed by atoms with E-state index in [-0.39, 0.29) is 12.1 Å². The van der Waals surface area contributed by atoms with Crippen LogP contribution in [-0.2, 0) is 0 Å². The number of rotatable bonds is 5. The van der Waals surface area contributed by atoms with Crippen molar-refractivity contribution < 1.29 is 4.79 Å². The zero-order chi connectivity index (χ0) is 17.6. The molecule has 0 aromatic carbocycles. The summed E-state index contributed by atoms with van der Waals surface area (Å²) in [5, 5.41) is 7.36. The molecule has 0 aliphatic carbocycles. The highest BCUT2D eigenvalue weighted by atomic mass is 16.2. The van der Waals surface area contributed by atoms with Gasteiger partial charge >= 0.3 is 6.03 Å². The Morgan fingerprint density at radius 1 is 1.24 bits per heavy atom. The number of aromatic nitrogens is 3. The molecule has 1 aliphatic rings. The summed E-state index contributed by atoms with van der Waals surface area (Å²) >= 11 is 0. The van der Waals surface area contributed by atoms with E-state index in [4.69, 9.17) is 0 Å². The second kappa shape index (κ2) is 8.00. The van der Waals surface area contributed by atoms with Crippen molar-refractivity contribution in [3.05, 3.63) is 36.8 Å². The molecule has 134 valence electrons. The molecule has 3 heterocycles. The number of amides is 2. The van der Waals surface area contributed by atoms with Crippen LogP contribution >= 0.6 is 0 Å². The molecule has 0 saturated carbocycles. The topological polar surface area (TPSA) is 66.3 Å². The van der Waals surface area contributed by atoms with Crippen LogP contribution < -0.4 is 10.2 Å². The number of hydrogen-bond acceptors (Lipinski definition) is 4. The second-order valence-corrected chi connectivity index (χ2v) is 6.41. The highest BCUT2D eigenvalue weighted by Crippen LogP contribution is 2.19. The van der Waals surface area contributed by atoms with Gasteiger partial charge in [0.1, 0.15) is 5.82 Å². The quantitative estimate of drug-likeness (QED) is 0.907. The molecule has 1 atom stereocenters. The third-order valence-corrected chi connectivity index (χ3v) is 4.61. The molecule has 0 bridgehead atoms. The maximum Gasteiger partial charge on any atom is 0.323 e. The van der Waals surface area contributed by atoms with Gasteiger partial charge in [-0.15, -0.1) is 0 Å². The molecule has 3 rings (SSSR count). The van der Waals surface area contributed by atoms with Crippen molar-refractivity contribution in [1.82, 2.24) is 19.7 Å². The average Bonchev–Trinajstić information content (AvgIpc) is 3.11. The van der Waals surface area contributed by atoms with Gasteiger partial charge in [-0.2, -0.15) is 5.10 Å². The fourth-order valence-corrected chi connectivity index (χ4v) is 3.20. The summed E-state index contributed by atoms with van der Waals surface area (Å²) in [6.07, 6.45) is 7.50. The molecule has 0 spiro atoms. The van der Waals surface area contributed by atoms with E-state index in [1.165, 1.54) is 0 Å². The maximum absolute atomic E-state index is 12.6. The number of piperazine rings is 1. The van der Waals surface area contributed by atoms with E-state index in [1.807, 2.05) is 27.9 Å². The summed E-state index contributed by atoms with van der Waals surface area (Å²) in [5.41, 5.74) is 1.11. The Morgan fingerprint density at radius 2 is 2.04 bits per heavy atom. The molecule has 1 aliphatic heterocycles. The Balaban J connectivity index is 1.56. The summed E-state index contributed by atoms with van der Waals surface area (Å²) in [6.45, 7) is 7.28. The smallest absolute Gasteiger partial charge is 0.323 e. The van der Waals surface area contributed by atoms with E-state index in [1.54, 1.807) is 12.4 Å². The zero-order valence-corrected chi connectivity index (χ0v) is 14.9. The normalized spacial score (nSPS) is 15.9. The zero-order valence-electron chi connectivity index (χ0n) is 14.9. The number of hydrogen-bond donors (Lipinski definition) is 1. The van der Waals surface area contributed by atoms with E-state index >= 15 is 0 Å². The van der Waals surface area contributed by atoms with Crippen molar-refractivity contribution in [3.8, 4) is 0 Å². The van der Waals surface area contributed by atoms with Crippen LogP contribution in [0, 0.1) is 0 Å². The third kappa shape index (κ3) is 4.10. The van der Waals surface area contributed by atoms with Crippen LogP contribution in [0.2, 0.25) is 0 Å². The van der Waals surface area contributed by atoms with Gasteiger partial charge in [0, 0.05) is 38.4 Å². The monoisotopic (exact) mass is 342 g/mol. The van der Waals surface area contributed by atoms with E-state index in [0.29, 0.717) is 13.1 Å². The molecule has 2 aromatic rings. The SMILES string of the molecule is CCCC(C)n1nccc1NC(=O)N1CCN(c2cccnc2)CC1. The Bertz CT molecular complexity index is 678. The molecule has 1 fully saturated rings. The van der Waals surface area contributed by atoms with Gasteiger partial charge < -0.3 is 9.80 Å². The molecule has 2 aromatic heterocycles. The first kappa shape index (κ1) is 17.3. The van der Waals surface area contributed by atoms with Crippen LogP contribution in [0.4, 0.5) is 16.3 Å². The predicted molar refractivity (Wildman–Crippen MR) is 98.9 cm³/mol. The van der Waals surface area contributed by atoms with Crippen molar-refractivity contribution in [2.45, 2.75) is 32.7 Å². The van der Waals surface area contributed by atoms with Gasteiger partial charge in [-0.05, 0) is 25.5 Å². The Hall–Kier alpha value is -2.57. The first-order chi connectivity index (χ1) is 12.2. The fourth-order valence-electron chi connectivity index (χ4n) is 3.20. The van der Waals surface area contributed by atoms with Crippen LogP contribution in [0.25, 0.3) is 0 Å². The number of pyridine rings is 1. The predicted octanol–water partition coefficient (Wildman–Crippen LogP) is 2.99. The summed E-state index contributed by atoms with van der Waals surface area (Å²) in [5.74, 6) is 0.764. The Kier molecular flexibility index (Phi) is 5.53. The van der Waals surface area contributed by atoms with Gasteiger partial charge in [0.05, 0.1) is 24.1 Å². The number of anilines is 2. The van der Waals surface area contributed by atoms with E-state index in [0.717, 1.165) is 37.4 Å². The minimum Gasteiger partial charge on any atom is -0.367 e. The molecule has 7 nitrogen and oxygen atoms in total. The summed E-state index contributed by atoms with van der Waals surface area (Å²) < 4.78 is 1.90. The lowest BCUT2D eigenvalue weighted by molar-refractivity contribution is 0.208. The fraction of sp³-hybridized carbons (Fsp3) is 0.500. The summed E-state index contributed by atoms with van der Waals surface area (Å²) in [4.78, 5) is 20.9. The van der Waals surface area contributed by atoms with Crippen molar-refractivity contribution >= 4 is 17.5 Å². The minimum atomic E-state index is -0.0590. The van der Waals surface area contributed by atoms with Crippen molar-refractivity contribution in [2.75, 3.05) is 36.4 Å². The van der Waals surface area contributed by atoms with Gasteiger partial charge in [-0.25, -0.2) is 9.48 Å². The van der Waals surface area contributed by atoms with Crippen molar-refractivity contribution in [1.29, 1.82) is 0 Å². The molecule has 7 heteroatoms. The molecule has 1 N–H and O–H groups in total. The first-order valence-corrected chi connectivity index (χ1v) is 8.93. The highest BCUT2D eigenvalue weighted by Gasteiger charge is 2.22. The molecule has 0 radical (unpaired) electrons. The molecular weight excluding hydrogens is 316 g/mol. The van der Waals surface area contributed by atoms with Gasteiger partial charge in [0.15, 0.2) is 0 Å². The third-order valence-electron chi connectivity index (χ3n) is 4.61. The van der Waals surface area contributed by atoms with Crippen LogP contribution in [0.1, 0.15) is 32.7 Å². The van der Waals surface area contributed by atoms with E-state index in [9.17, 15) is 4.79 Å². The lowest BCUT2D eigenvalue weighted by Gasteiger charge is -2.35. The summed E-state index contributed by atoms with van der Waals surface area (Å²) in [6, 6.07) is 6.06. The maximum atomic E-state index is 12.6. The lowest BCUT2D eigenvalue weighted by Crippen LogP contribution is -2.50. The number of carbonyl (C=O) groups excluding carboxylic acids is 1. The molecule has 1 saturated heterocycles. The molecule has 25 heavy (non-hydrogen) atoms. The Labute approximate surface area is 148 Å². The van der Waals surface area contributed by atoms with E-state index < -0.39 is 0 Å².